The smallest absolute Gasteiger partial charge is 0.183 e. The highest BCUT2D eigenvalue weighted by atomic mass is 16.5. The minimum Gasteiger partial charge on any atom is -0.493 e. The Kier molecular flexibility index (Phi) is 5.58. The molecule has 1 saturated heterocycles. The van der Waals surface area contributed by atoms with Crippen LogP contribution in [0.2, 0.25) is 0 Å². The van der Waals surface area contributed by atoms with Crippen LogP contribution in [0.15, 0.2) is 12.3 Å². The highest BCUT2D eigenvalue weighted by molar-refractivity contribution is 5.42. The van der Waals surface area contributed by atoms with Crippen LogP contribution in [-0.2, 0) is 11.3 Å². The molecular weight excluding hydrogens is 258 g/mol. The highest BCUT2D eigenvalue weighted by Crippen LogP contribution is 2.30. The van der Waals surface area contributed by atoms with Gasteiger partial charge in [0.15, 0.2) is 11.5 Å². The van der Waals surface area contributed by atoms with Gasteiger partial charge in [-0.2, -0.15) is 0 Å². The number of morpholine rings is 1. The maximum absolute atomic E-state index is 5.55. The Bertz CT molecular complexity index is 426. The summed E-state index contributed by atoms with van der Waals surface area (Å²) in [6.07, 6.45) is 1.75. The van der Waals surface area contributed by atoms with E-state index in [9.17, 15) is 0 Å². The molecule has 0 radical (unpaired) electrons. The number of likely N-dealkylation sites (N-methyl/N-ethyl adjacent to an activating group) is 1. The first-order valence-corrected chi connectivity index (χ1v) is 6.82. The van der Waals surface area contributed by atoms with Crippen molar-refractivity contribution < 1.29 is 14.2 Å². The fourth-order valence-corrected chi connectivity index (χ4v) is 2.48. The van der Waals surface area contributed by atoms with Gasteiger partial charge in [-0.25, -0.2) is 0 Å². The minimum atomic E-state index is 0.353. The van der Waals surface area contributed by atoms with Gasteiger partial charge < -0.3 is 19.5 Å². The first-order valence-electron chi connectivity index (χ1n) is 6.82. The molecule has 1 aliphatic heterocycles. The fraction of sp³-hybridized carbons (Fsp3) is 0.643. The van der Waals surface area contributed by atoms with Crippen LogP contribution in [0, 0.1) is 0 Å². The van der Waals surface area contributed by atoms with Crippen LogP contribution in [0.4, 0.5) is 0 Å². The van der Waals surface area contributed by atoms with E-state index >= 15 is 0 Å². The molecule has 1 unspecified atom stereocenters. The van der Waals surface area contributed by atoms with Crippen molar-refractivity contribution in [2.75, 3.05) is 47.6 Å². The summed E-state index contributed by atoms with van der Waals surface area (Å²) in [7, 11) is 5.24. The van der Waals surface area contributed by atoms with Crippen molar-refractivity contribution in [3.63, 3.8) is 0 Å². The van der Waals surface area contributed by atoms with E-state index in [0.29, 0.717) is 11.8 Å². The van der Waals surface area contributed by atoms with E-state index in [1.54, 1.807) is 20.4 Å². The molecule has 1 fully saturated rings. The lowest BCUT2D eigenvalue weighted by Crippen LogP contribution is -2.49. The van der Waals surface area contributed by atoms with E-state index in [1.807, 2.05) is 13.1 Å². The number of aromatic nitrogens is 1. The molecule has 6 nitrogen and oxygen atoms in total. The number of hydrogen-bond donors (Lipinski definition) is 1. The molecular formula is C14H23N3O3. The summed E-state index contributed by atoms with van der Waals surface area (Å²) in [5.74, 6) is 1.43. The van der Waals surface area contributed by atoms with E-state index in [0.717, 1.165) is 44.3 Å². The van der Waals surface area contributed by atoms with Crippen LogP contribution in [0.1, 0.15) is 5.69 Å². The van der Waals surface area contributed by atoms with Crippen LogP contribution >= 0.6 is 0 Å². The van der Waals surface area contributed by atoms with Gasteiger partial charge in [-0.05, 0) is 7.05 Å². The predicted molar refractivity (Wildman–Crippen MR) is 76.3 cm³/mol. The largest absolute Gasteiger partial charge is 0.493 e. The average Bonchev–Trinajstić information content (AvgIpc) is 2.49. The third-order valence-electron chi connectivity index (χ3n) is 3.51. The maximum atomic E-state index is 5.55. The van der Waals surface area contributed by atoms with Crippen LogP contribution < -0.4 is 14.8 Å². The van der Waals surface area contributed by atoms with Crippen LogP contribution in [0.25, 0.3) is 0 Å². The molecule has 0 aliphatic carbocycles. The fourth-order valence-electron chi connectivity index (χ4n) is 2.48. The Morgan fingerprint density at radius 2 is 2.30 bits per heavy atom. The third-order valence-corrected chi connectivity index (χ3v) is 3.51. The van der Waals surface area contributed by atoms with Crippen molar-refractivity contribution in [2.45, 2.75) is 12.6 Å². The molecule has 0 bridgehead atoms. The quantitative estimate of drug-likeness (QED) is 0.820. The van der Waals surface area contributed by atoms with Gasteiger partial charge in [0.25, 0.3) is 0 Å². The summed E-state index contributed by atoms with van der Waals surface area (Å²) in [6, 6.07) is 2.17. The molecule has 1 aromatic rings. The molecule has 2 rings (SSSR count). The van der Waals surface area contributed by atoms with Crippen LogP contribution in [0.5, 0.6) is 11.5 Å². The number of ether oxygens (including phenoxy) is 3. The summed E-state index contributed by atoms with van der Waals surface area (Å²) in [4.78, 5) is 6.80. The van der Waals surface area contributed by atoms with Gasteiger partial charge in [0.1, 0.15) is 5.69 Å². The van der Waals surface area contributed by atoms with Crippen LogP contribution in [-0.4, -0.2) is 63.5 Å². The van der Waals surface area contributed by atoms with Gasteiger partial charge in [-0.3, -0.25) is 9.88 Å². The van der Waals surface area contributed by atoms with Crippen molar-refractivity contribution >= 4 is 0 Å². The second kappa shape index (κ2) is 7.42. The molecule has 1 aromatic heterocycles. The third kappa shape index (κ3) is 3.39. The van der Waals surface area contributed by atoms with Gasteiger partial charge in [0.05, 0.1) is 27.4 Å². The molecule has 6 heteroatoms. The summed E-state index contributed by atoms with van der Waals surface area (Å²) >= 11 is 0. The topological polar surface area (TPSA) is 55.9 Å². The molecule has 0 amide bonds. The van der Waals surface area contributed by atoms with E-state index in [-0.39, 0.29) is 0 Å². The molecule has 0 aromatic carbocycles. The number of nitrogens with one attached hydrogen (secondary N) is 1. The number of rotatable bonds is 6. The second-order valence-electron chi connectivity index (χ2n) is 4.75. The lowest BCUT2D eigenvalue weighted by molar-refractivity contribution is -0.0111. The predicted octanol–water partition coefficient (Wildman–Crippen LogP) is 0.519. The molecule has 0 spiro atoms. The molecule has 112 valence electrons. The van der Waals surface area contributed by atoms with Crippen molar-refractivity contribution in [3.05, 3.63) is 18.0 Å². The van der Waals surface area contributed by atoms with Gasteiger partial charge in [-0.15, -0.1) is 0 Å². The Morgan fingerprint density at radius 3 is 3.00 bits per heavy atom. The minimum absolute atomic E-state index is 0.353. The lowest BCUT2D eigenvalue weighted by Gasteiger charge is -2.35. The van der Waals surface area contributed by atoms with E-state index < -0.39 is 0 Å². The Balaban J connectivity index is 2.15. The Morgan fingerprint density at radius 1 is 1.45 bits per heavy atom. The molecule has 1 aliphatic rings. The van der Waals surface area contributed by atoms with E-state index in [2.05, 4.69) is 15.2 Å². The zero-order chi connectivity index (χ0) is 14.4. The standard InChI is InChI=1S/C14H23N3O3/c1-15-8-11-10-20-7-6-17(11)9-12-14(19-3)13(18-2)4-5-16-12/h4-5,11,15H,6-10H2,1-3H3. The molecule has 0 saturated carbocycles. The number of hydrogen-bond acceptors (Lipinski definition) is 6. The zero-order valence-corrected chi connectivity index (χ0v) is 12.4. The second-order valence-corrected chi connectivity index (χ2v) is 4.75. The van der Waals surface area contributed by atoms with E-state index in [4.69, 9.17) is 14.2 Å². The van der Waals surface area contributed by atoms with Gasteiger partial charge in [0, 0.05) is 37.9 Å². The van der Waals surface area contributed by atoms with E-state index in [1.165, 1.54) is 0 Å². The molecule has 1 N–H and O–H groups in total. The average molecular weight is 281 g/mol. The summed E-state index contributed by atoms with van der Waals surface area (Å²) in [5.41, 5.74) is 0.898. The normalized spacial score (nSPS) is 19.9. The first kappa shape index (κ1) is 15.0. The SMILES string of the molecule is CNCC1COCCN1Cc1nccc(OC)c1OC. The zero-order valence-electron chi connectivity index (χ0n) is 12.4. The molecule has 20 heavy (non-hydrogen) atoms. The number of nitrogens with zero attached hydrogens (tertiary/aromatic N) is 2. The van der Waals surface area contributed by atoms with Crippen molar-refractivity contribution in [3.8, 4) is 11.5 Å². The Labute approximate surface area is 120 Å². The van der Waals surface area contributed by atoms with Gasteiger partial charge in [0.2, 0.25) is 0 Å². The van der Waals surface area contributed by atoms with Crippen molar-refractivity contribution in [1.29, 1.82) is 0 Å². The summed E-state index contributed by atoms with van der Waals surface area (Å²) in [5, 5.41) is 3.21. The van der Waals surface area contributed by atoms with Crippen molar-refractivity contribution in [1.82, 2.24) is 15.2 Å². The maximum Gasteiger partial charge on any atom is 0.183 e. The van der Waals surface area contributed by atoms with Crippen molar-refractivity contribution in [2.24, 2.45) is 0 Å². The number of methoxy groups -OCH3 is 2. The molecule has 1 atom stereocenters. The highest BCUT2D eigenvalue weighted by Gasteiger charge is 2.24. The lowest BCUT2D eigenvalue weighted by atomic mass is 10.2. The summed E-state index contributed by atoms with van der Waals surface area (Å²) < 4.78 is 16.3. The van der Waals surface area contributed by atoms with Crippen LogP contribution in [0.3, 0.4) is 0 Å². The number of pyridine rings is 1. The summed E-state index contributed by atoms with van der Waals surface area (Å²) in [6.45, 7) is 4.02. The van der Waals surface area contributed by atoms with Gasteiger partial charge >= 0.3 is 0 Å². The van der Waals surface area contributed by atoms with Gasteiger partial charge in [-0.1, -0.05) is 0 Å². The first-order chi connectivity index (χ1) is 9.80. The Hall–Kier alpha value is -1.37. The monoisotopic (exact) mass is 281 g/mol. The molecule has 2 heterocycles.